The maximum atomic E-state index is 3.81. The van der Waals surface area contributed by atoms with Crippen LogP contribution in [-0.2, 0) is 12.8 Å². The summed E-state index contributed by atoms with van der Waals surface area (Å²) in [5.74, 6) is 0.757. The molecule has 21 heavy (non-hydrogen) atoms. The van der Waals surface area contributed by atoms with Crippen molar-refractivity contribution in [2.75, 3.05) is 6.54 Å². The van der Waals surface area contributed by atoms with Gasteiger partial charge in [-0.05, 0) is 62.1 Å². The van der Waals surface area contributed by atoms with Gasteiger partial charge in [0.25, 0.3) is 0 Å². The second kappa shape index (κ2) is 7.26. The standard InChI is InChI=1S/C20H29N/c1-2-21-20(16-10-6-4-3-5-7-11-16)19-14-17-12-8-9-13-18(17)15-19/h8-10,12-13,19-21H,2-7,11,14-15H2,1H3/b16-10+. The van der Waals surface area contributed by atoms with Crippen LogP contribution in [0.4, 0.5) is 0 Å². The van der Waals surface area contributed by atoms with Crippen molar-refractivity contribution < 1.29 is 0 Å². The van der Waals surface area contributed by atoms with Crippen LogP contribution in [0.25, 0.3) is 0 Å². The molecule has 2 aliphatic rings. The zero-order valence-corrected chi connectivity index (χ0v) is 13.4. The van der Waals surface area contributed by atoms with E-state index >= 15 is 0 Å². The highest BCUT2D eigenvalue weighted by molar-refractivity contribution is 5.34. The Morgan fingerprint density at radius 1 is 1.05 bits per heavy atom. The first-order valence-electron chi connectivity index (χ1n) is 8.87. The van der Waals surface area contributed by atoms with Gasteiger partial charge in [0.2, 0.25) is 0 Å². The summed E-state index contributed by atoms with van der Waals surface area (Å²) in [4.78, 5) is 0. The van der Waals surface area contributed by atoms with E-state index in [1.807, 2.05) is 0 Å². The molecule has 0 fully saturated rings. The molecule has 1 atom stereocenters. The summed E-state index contributed by atoms with van der Waals surface area (Å²) in [6.45, 7) is 3.33. The molecular weight excluding hydrogens is 254 g/mol. The largest absolute Gasteiger partial charge is 0.310 e. The fourth-order valence-corrected chi connectivity index (χ4v) is 4.15. The summed E-state index contributed by atoms with van der Waals surface area (Å²) in [5.41, 5.74) is 4.86. The van der Waals surface area contributed by atoms with Crippen LogP contribution in [0.5, 0.6) is 0 Å². The first kappa shape index (κ1) is 14.8. The zero-order valence-electron chi connectivity index (χ0n) is 13.4. The van der Waals surface area contributed by atoms with Gasteiger partial charge in [-0.25, -0.2) is 0 Å². The van der Waals surface area contributed by atoms with E-state index in [1.165, 1.54) is 51.4 Å². The predicted octanol–water partition coefficient (Wildman–Crippen LogP) is 4.66. The summed E-state index contributed by atoms with van der Waals surface area (Å²) in [6.07, 6.45) is 13.3. The van der Waals surface area contributed by atoms with Crippen molar-refractivity contribution in [2.45, 2.75) is 64.3 Å². The van der Waals surface area contributed by atoms with Crippen molar-refractivity contribution >= 4 is 0 Å². The molecular formula is C20H29N. The van der Waals surface area contributed by atoms with Crippen LogP contribution in [0.3, 0.4) is 0 Å². The van der Waals surface area contributed by atoms with Gasteiger partial charge in [0, 0.05) is 6.04 Å². The molecule has 114 valence electrons. The molecule has 1 nitrogen and oxygen atoms in total. The highest BCUT2D eigenvalue weighted by Crippen LogP contribution is 2.33. The van der Waals surface area contributed by atoms with Crippen LogP contribution in [0, 0.1) is 5.92 Å². The van der Waals surface area contributed by atoms with Crippen molar-refractivity contribution in [1.29, 1.82) is 0 Å². The maximum absolute atomic E-state index is 3.81. The van der Waals surface area contributed by atoms with Gasteiger partial charge in [-0.1, -0.05) is 55.7 Å². The summed E-state index contributed by atoms with van der Waals surface area (Å²) in [6, 6.07) is 9.63. The summed E-state index contributed by atoms with van der Waals surface area (Å²) >= 11 is 0. The molecule has 0 aromatic heterocycles. The molecule has 0 amide bonds. The lowest BCUT2D eigenvalue weighted by atomic mass is 9.85. The monoisotopic (exact) mass is 283 g/mol. The summed E-state index contributed by atoms with van der Waals surface area (Å²) in [7, 11) is 0. The number of fused-ring (bicyclic) bond motifs is 1. The van der Waals surface area contributed by atoms with Gasteiger partial charge in [0.05, 0.1) is 0 Å². The summed E-state index contributed by atoms with van der Waals surface area (Å²) < 4.78 is 0. The lowest BCUT2D eigenvalue weighted by molar-refractivity contribution is 0.398. The maximum Gasteiger partial charge on any atom is 0.0314 e. The third-order valence-electron chi connectivity index (χ3n) is 5.20. The van der Waals surface area contributed by atoms with Crippen molar-refractivity contribution in [3.63, 3.8) is 0 Å². The highest BCUT2D eigenvalue weighted by atomic mass is 14.9. The molecule has 1 unspecified atom stereocenters. The van der Waals surface area contributed by atoms with Gasteiger partial charge in [0.1, 0.15) is 0 Å². The van der Waals surface area contributed by atoms with Gasteiger partial charge >= 0.3 is 0 Å². The molecule has 1 aromatic rings. The molecule has 0 bridgehead atoms. The third kappa shape index (κ3) is 3.58. The fourth-order valence-electron chi connectivity index (χ4n) is 4.15. The molecule has 1 heteroatoms. The predicted molar refractivity (Wildman–Crippen MR) is 90.6 cm³/mol. The SMILES string of the molecule is CCNC(/C1=C/CCCCCC1)C1Cc2ccccc2C1. The van der Waals surface area contributed by atoms with Gasteiger partial charge in [-0.15, -0.1) is 0 Å². The van der Waals surface area contributed by atoms with Crippen LogP contribution >= 0.6 is 0 Å². The Hall–Kier alpha value is -1.08. The molecule has 3 rings (SSSR count). The van der Waals surface area contributed by atoms with E-state index in [0.29, 0.717) is 6.04 Å². The van der Waals surface area contributed by atoms with Gasteiger partial charge in [-0.2, -0.15) is 0 Å². The Morgan fingerprint density at radius 2 is 1.76 bits per heavy atom. The van der Waals surface area contributed by atoms with Crippen molar-refractivity contribution in [2.24, 2.45) is 5.92 Å². The van der Waals surface area contributed by atoms with Crippen LogP contribution in [0.15, 0.2) is 35.9 Å². The molecule has 0 aliphatic heterocycles. The van der Waals surface area contributed by atoms with E-state index in [0.717, 1.165) is 12.5 Å². The van der Waals surface area contributed by atoms with E-state index in [2.05, 4.69) is 42.6 Å². The molecule has 1 aromatic carbocycles. The number of rotatable bonds is 4. The van der Waals surface area contributed by atoms with E-state index < -0.39 is 0 Å². The molecule has 2 aliphatic carbocycles. The quantitative estimate of drug-likeness (QED) is 0.792. The Bertz CT molecular complexity index is 463. The zero-order chi connectivity index (χ0) is 14.5. The van der Waals surface area contributed by atoms with Crippen molar-refractivity contribution in [1.82, 2.24) is 5.32 Å². The average Bonchev–Trinajstić information content (AvgIpc) is 2.89. The number of allylic oxidation sites excluding steroid dienone is 1. The molecule has 1 N–H and O–H groups in total. The number of likely N-dealkylation sites (N-methyl/N-ethyl adjacent to an activating group) is 1. The van der Waals surface area contributed by atoms with Crippen LogP contribution in [0.2, 0.25) is 0 Å². The number of hydrogen-bond acceptors (Lipinski definition) is 1. The molecule has 0 spiro atoms. The Balaban J connectivity index is 1.76. The highest BCUT2D eigenvalue weighted by Gasteiger charge is 2.30. The number of nitrogens with one attached hydrogen (secondary N) is 1. The second-order valence-corrected chi connectivity index (χ2v) is 6.70. The number of hydrogen-bond donors (Lipinski definition) is 1. The van der Waals surface area contributed by atoms with Crippen molar-refractivity contribution in [3.8, 4) is 0 Å². The van der Waals surface area contributed by atoms with E-state index in [9.17, 15) is 0 Å². The second-order valence-electron chi connectivity index (χ2n) is 6.70. The summed E-state index contributed by atoms with van der Waals surface area (Å²) in [5, 5.41) is 3.81. The Labute approximate surface area is 129 Å². The minimum absolute atomic E-state index is 0.598. The van der Waals surface area contributed by atoms with Crippen LogP contribution in [0.1, 0.15) is 56.6 Å². The molecule has 0 saturated carbocycles. The van der Waals surface area contributed by atoms with Gasteiger partial charge in [-0.3, -0.25) is 0 Å². The van der Waals surface area contributed by atoms with Gasteiger partial charge in [0.15, 0.2) is 0 Å². The first-order valence-corrected chi connectivity index (χ1v) is 8.87. The van der Waals surface area contributed by atoms with Crippen LogP contribution in [-0.4, -0.2) is 12.6 Å². The fraction of sp³-hybridized carbons (Fsp3) is 0.600. The first-order chi connectivity index (χ1) is 10.4. The average molecular weight is 283 g/mol. The van der Waals surface area contributed by atoms with E-state index in [-0.39, 0.29) is 0 Å². The Kier molecular flexibility index (Phi) is 5.13. The molecule has 0 saturated heterocycles. The third-order valence-corrected chi connectivity index (χ3v) is 5.20. The molecule has 0 radical (unpaired) electrons. The van der Waals surface area contributed by atoms with Gasteiger partial charge < -0.3 is 5.32 Å². The lowest BCUT2D eigenvalue weighted by Crippen LogP contribution is -2.38. The molecule has 0 heterocycles. The van der Waals surface area contributed by atoms with E-state index in [4.69, 9.17) is 0 Å². The smallest absolute Gasteiger partial charge is 0.0314 e. The topological polar surface area (TPSA) is 12.0 Å². The number of benzene rings is 1. The van der Waals surface area contributed by atoms with Crippen LogP contribution < -0.4 is 5.32 Å². The normalized spacial score (nSPS) is 23.8. The Morgan fingerprint density at radius 3 is 2.48 bits per heavy atom. The van der Waals surface area contributed by atoms with E-state index in [1.54, 1.807) is 16.7 Å². The van der Waals surface area contributed by atoms with Crippen molar-refractivity contribution in [3.05, 3.63) is 47.0 Å². The minimum atomic E-state index is 0.598. The minimum Gasteiger partial charge on any atom is -0.310 e. The lowest BCUT2D eigenvalue weighted by Gasteiger charge is -2.28.